The molecule has 0 atom stereocenters. The van der Waals surface area contributed by atoms with Crippen molar-refractivity contribution in [1.82, 2.24) is 4.90 Å². The molecule has 15 heavy (non-hydrogen) atoms. The van der Waals surface area contributed by atoms with Gasteiger partial charge in [-0.25, -0.2) is 0 Å². The predicted molar refractivity (Wildman–Crippen MR) is 62.4 cm³/mol. The molecular weight excluding hydrogens is 210 g/mol. The largest absolute Gasteiger partial charge is 0.394 e. The van der Waals surface area contributed by atoms with Gasteiger partial charge in [-0.15, -0.1) is 11.3 Å². The lowest BCUT2D eigenvalue weighted by Crippen LogP contribution is -2.46. The number of ketones is 1. The van der Waals surface area contributed by atoms with Crippen LogP contribution in [0.4, 0.5) is 0 Å². The monoisotopic (exact) mass is 227 g/mol. The second-order valence-electron chi connectivity index (χ2n) is 4.23. The maximum Gasteiger partial charge on any atom is 0.186 e. The third-order valence-corrected chi connectivity index (χ3v) is 3.51. The van der Waals surface area contributed by atoms with E-state index in [9.17, 15) is 4.79 Å². The molecule has 0 fully saturated rings. The first-order chi connectivity index (χ1) is 6.97. The van der Waals surface area contributed by atoms with Crippen LogP contribution in [-0.4, -0.2) is 41.5 Å². The highest BCUT2D eigenvalue weighted by molar-refractivity contribution is 7.12. The van der Waals surface area contributed by atoms with Crippen molar-refractivity contribution in [2.24, 2.45) is 0 Å². The molecule has 0 spiro atoms. The summed E-state index contributed by atoms with van der Waals surface area (Å²) in [6, 6.07) is 3.70. The molecule has 1 aromatic rings. The Bertz CT molecular complexity index is 319. The van der Waals surface area contributed by atoms with Crippen molar-refractivity contribution in [2.45, 2.75) is 19.4 Å². The highest BCUT2D eigenvalue weighted by Gasteiger charge is 2.24. The van der Waals surface area contributed by atoms with Crippen LogP contribution in [0.1, 0.15) is 23.5 Å². The molecule has 1 N–H and O–H groups in total. The van der Waals surface area contributed by atoms with Gasteiger partial charge in [-0.1, -0.05) is 6.07 Å². The van der Waals surface area contributed by atoms with Gasteiger partial charge in [0.1, 0.15) is 0 Å². The van der Waals surface area contributed by atoms with Gasteiger partial charge in [0.2, 0.25) is 0 Å². The topological polar surface area (TPSA) is 40.5 Å². The maximum atomic E-state index is 11.8. The maximum absolute atomic E-state index is 11.8. The summed E-state index contributed by atoms with van der Waals surface area (Å²) in [6.07, 6.45) is 0. The number of rotatable bonds is 5. The molecule has 1 heterocycles. The van der Waals surface area contributed by atoms with Crippen molar-refractivity contribution in [3.8, 4) is 0 Å². The summed E-state index contributed by atoms with van der Waals surface area (Å²) in [6.45, 7) is 4.21. The Morgan fingerprint density at radius 2 is 2.27 bits per heavy atom. The number of nitrogens with zero attached hydrogens (tertiary/aromatic N) is 1. The molecule has 84 valence electrons. The first-order valence-corrected chi connectivity index (χ1v) is 5.74. The average molecular weight is 227 g/mol. The number of carbonyl (C=O) groups is 1. The molecule has 0 bridgehead atoms. The molecule has 1 rings (SSSR count). The van der Waals surface area contributed by atoms with E-state index in [1.54, 1.807) is 0 Å². The van der Waals surface area contributed by atoms with Gasteiger partial charge < -0.3 is 5.11 Å². The Morgan fingerprint density at radius 1 is 1.60 bits per heavy atom. The Kier molecular flexibility index (Phi) is 4.02. The highest BCUT2D eigenvalue weighted by atomic mass is 32.1. The summed E-state index contributed by atoms with van der Waals surface area (Å²) in [7, 11) is 1.85. The summed E-state index contributed by atoms with van der Waals surface area (Å²) in [5, 5.41) is 11.1. The van der Waals surface area contributed by atoms with Crippen molar-refractivity contribution in [3.05, 3.63) is 22.4 Å². The van der Waals surface area contributed by atoms with Gasteiger partial charge in [-0.2, -0.15) is 0 Å². The number of Topliss-reactive ketones (excluding diaryl/α,β-unsaturated/α-hetero) is 1. The SMILES string of the molecule is CN(CC(=O)c1cccs1)C(C)(C)CO. The van der Waals surface area contributed by atoms with E-state index in [0.717, 1.165) is 4.88 Å². The predicted octanol–water partition coefficient (Wildman–Crippen LogP) is 1.63. The van der Waals surface area contributed by atoms with Gasteiger partial charge in [-0.3, -0.25) is 9.69 Å². The van der Waals surface area contributed by atoms with E-state index in [-0.39, 0.29) is 17.9 Å². The van der Waals surface area contributed by atoms with Gasteiger partial charge in [0.25, 0.3) is 0 Å². The van der Waals surface area contributed by atoms with Crippen molar-refractivity contribution >= 4 is 17.1 Å². The zero-order valence-electron chi connectivity index (χ0n) is 9.36. The first-order valence-electron chi connectivity index (χ1n) is 4.86. The van der Waals surface area contributed by atoms with Gasteiger partial charge >= 0.3 is 0 Å². The summed E-state index contributed by atoms with van der Waals surface area (Å²) in [5.74, 6) is 0.106. The first kappa shape index (κ1) is 12.4. The number of hydrogen-bond acceptors (Lipinski definition) is 4. The number of aliphatic hydroxyl groups is 1. The fourth-order valence-corrected chi connectivity index (χ4v) is 1.72. The van der Waals surface area contributed by atoms with Crippen LogP contribution in [0.2, 0.25) is 0 Å². The van der Waals surface area contributed by atoms with E-state index in [4.69, 9.17) is 5.11 Å². The zero-order chi connectivity index (χ0) is 11.5. The third-order valence-electron chi connectivity index (χ3n) is 2.60. The molecule has 0 aliphatic rings. The summed E-state index contributed by atoms with van der Waals surface area (Å²) in [4.78, 5) is 14.4. The van der Waals surface area contributed by atoms with E-state index < -0.39 is 0 Å². The molecule has 1 aromatic heterocycles. The van der Waals surface area contributed by atoms with Crippen LogP contribution < -0.4 is 0 Å². The lowest BCUT2D eigenvalue weighted by molar-refractivity contribution is 0.0662. The van der Waals surface area contributed by atoms with Crippen molar-refractivity contribution in [2.75, 3.05) is 20.2 Å². The van der Waals surface area contributed by atoms with Crippen LogP contribution in [0.25, 0.3) is 0 Å². The second-order valence-corrected chi connectivity index (χ2v) is 5.17. The minimum absolute atomic E-state index is 0.0429. The summed E-state index contributed by atoms with van der Waals surface area (Å²) >= 11 is 1.45. The lowest BCUT2D eigenvalue weighted by atomic mass is 10.0. The van der Waals surface area contributed by atoms with Crippen LogP contribution in [-0.2, 0) is 0 Å². The highest BCUT2D eigenvalue weighted by Crippen LogP contribution is 2.14. The quantitative estimate of drug-likeness (QED) is 0.777. The fraction of sp³-hybridized carbons (Fsp3) is 0.545. The third kappa shape index (κ3) is 3.12. The van der Waals surface area contributed by atoms with Gasteiger partial charge in [0.15, 0.2) is 5.78 Å². The normalized spacial score (nSPS) is 12.1. The van der Waals surface area contributed by atoms with Crippen LogP contribution in [0.5, 0.6) is 0 Å². The molecule has 0 amide bonds. The van der Waals surface area contributed by atoms with E-state index >= 15 is 0 Å². The number of likely N-dealkylation sites (N-methyl/N-ethyl adjacent to an activating group) is 1. The summed E-state index contributed by atoms with van der Waals surface area (Å²) in [5.41, 5.74) is -0.354. The van der Waals surface area contributed by atoms with Crippen LogP contribution in [0.15, 0.2) is 17.5 Å². The van der Waals surface area contributed by atoms with Gasteiger partial charge in [0, 0.05) is 5.54 Å². The number of aliphatic hydroxyl groups excluding tert-OH is 1. The van der Waals surface area contributed by atoms with Crippen LogP contribution >= 0.6 is 11.3 Å². The van der Waals surface area contributed by atoms with Crippen LogP contribution in [0.3, 0.4) is 0 Å². The molecule has 0 aliphatic heterocycles. The second kappa shape index (κ2) is 4.88. The minimum atomic E-state index is -0.354. The fourth-order valence-electron chi connectivity index (χ4n) is 1.07. The Labute approximate surface area is 94.3 Å². The number of thiophene rings is 1. The summed E-state index contributed by atoms with van der Waals surface area (Å²) < 4.78 is 0. The van der Waals surface area contributed by atoms with Crippen molar-refractivity contribution in [3.63, 3.8) is 0 Å². The Balaban J connectivity index is 2.60. The van der Waals surface area contributed by atoms with Crippen LogP contribution in [0, 0.1) is 0 Å². The molecule has 0 saturated carbocycles. The molecule has 0 aromatic carbocycles. The van der Waals surface area contributed by atoms with Gasteiger partial charge in [0.05, 0.1) is 18.0 Å². The average Bonchev–Trinajstić information content (AvgIpc) is 2.70. The Hall–Kier alpha value is -0.710. The number of carbonyl (C=O) groups excluding carboxylic acids is 1. The van der Waals surface area contributed by atoms with Gasteiger partial charge in [-0.05, 0) is 32.3 Å². The molecule has 0 saturated heterocycles. The molecule has 0 aliphatic carbocycles. The van der Waals surface area contributed by atoms with E-state index in [1.807, 2.05) is 43.3 Å². The smallest absolute Gasteiger partial charge is 0.186 e. The van der Waals surface area contributed by atoms with Crippen molar-refractivity contribution in [1.29, 1.82) is 0 Å². The zero-order valence-corrected chi connectivity index (χ0v) is 10.2. The van der Waals surface area contributed by atoms with E-state index in [1.165, 1.54) is 11.3 Å². The molecule has 0 unspecified atom stereocenters. The minimum Gasteiger partial charge on any atom is -0.394 e. The molecule has 3 nitrogen and oxygen atoms in total. The molecule has 0 radical (unpaired) electrons. The van der Waals surface area contributed by atoms with E-state index in [0.29, 0.717) is 6.54 Å². The Morgan fingerprint density at radius 3 is 2.73 bits per heavy atom. The lowest BCUT2D eigenvalue weighted by Gasteiger charge is -2.33. The molecule has 4 heteroatoms. The van der Waals surface area contributed by atoms with E-state index in [2.05, 4.69) is 0 Å². The number of hydrogen-bond donors (Lipinski definition) is 1. The standard InChI is InChI=1S/C11H17NO2S/c1-11(2,8-13)12(3)7-9(14)10-5-4-6-15-10/h4-6,13H,7-8H2,1-3H3. The molecular formula is C11H17NO2S. The van der Waals surface area contributed by atoms with Crippen molar-refractivity contribution < 1.29 is 9.90 Å².